The summed E-state index contributed by atoms with van der Waals surface area (Å²) < 4.78 is 0. The first-order valence-electron chi connectivity index (χ1n) is 13.3. The summed E-state index contributed by atoms with van der Waals surface area (Å²) in [5.41, 5.74) is 36.5. The molecule has 20 heteroatoms. The van der Waals surface area contributed by atoms with Crippen molar-refractivity contribution in [3.8, 4) is 0 Å². The molecule has 1 aliphatic heterocycles. The Morgan fingerprint density at radius 2 is 1.67 bits per heavy atom. The zero-order valence-electron chi connectivity index (χ0n) is 23.3. The summed E-state index contributed by atoms with van der Waals surface area (Å²) in [4.78, 5) is 38.7. The van der Waals surface area contributed by atoms with Crippen molar-refractivity contribution in [2.45, 2.75) is 63.8 Å². The van der Waals surface area contributed by atoms with Gasteiger partial charge in [-0.3, -0.25) is 20.1 Å². The van der Waals surface area contributed by atoms with Gasteiger partial charge in [-0.2, -0.15) is 49.8 Å². The maximum absolute atomic E-state index is 12.2. The summed E-state index contributed by atoms with van der Waals surface area (Å²) in [7, 11) is 0. The van der Waals surface area contributed by atoms with Gasteiger partial charge in [0.2, 0.25) is 5.91 Å². The highest BCUT2D eigenvalue weighted by Gasteiger charge is 2.39. The fourth-order valence-corrected chi connectivity index (χ4v) is 4.20. The van der Waals surface area contributed by atoms with Crippen LogP contribution in [0.15, 0.2) is 30.5 Å². The molecule has 1 fully saturated rings. The SMILES string of the molecule is CC(C)C(NN(NNNNNNNNNNC(Cc1c[nH]c2ccccc12)C(=O)O)[C@]1(N)CCCCC(=O)N1)C(=O)O. The van der Waals surface area contributed by atoms with Crippen molar-refractivity contribution in [3.63, 3.8) is 0 Å². The number of carbonyl (C=O) groups is 3. The fourth-order valence-electron chi connectivity index (χ4n) is 4.20. The van der Waals surface area contributed by atoms with E-state index in [-0.39, 0.29) is 18.2 Å². The number of aromatic amines is 1. The van der Waals surface area contributed by atoms with E-state index in [0.29, 0.717) is 25.7 Å². The average Bonchev–Trinajstić information content (AvgIpc) is 3.25. The molecule has 2 aromatic rings. The van der Waals surface area contributed by atoms with Crippen LogP contribution in [-0.4, -0.2) is 56.0 Å². The number of hydrogen-bond donors (Lipinski definition) is 16. The third-order valence-corrected chi connectivity index (χ3v) is 6.42. The number of nitrogens with zero attached hydrogens (tertiary/aromatic N) is 1. The predicted octanol–water partition coefficient (Wildman–Crippen LogP) is -3.57. The Morgan fingerprint density at radius 3 is 2.33 bits per heavy atom. The Kier molecular flexibility index (Phi) is 12.9. The summed E-state index contributed by atoms with van der Waals surface area (Å²) >= 11 is 0. The Hall–Kier alpha value is -3.35. The Bertz CT molecular complexity index is 1170. The van der Waals surface area contributed by atoms with Crippen LogP contribution in [0, 0.1) is 5.92 Å². The minimum absolute atomic E-state index is 0.230. The molecule has 1 aliphatic rings. The number of hydrogen-bond acceptors (Lipinski definition) is 16. The van der Waals surface area contributed by atoms with E-state index < -0.39 is 29.8 Å². The lowest BCUT2D eigenvalue weighted by atomic mass is 10.1. The van der Waals surface area contributed by atoms with Crippen LogP contribution in [0.3, 0.4) is 0 Å². The van der Waals surface area contributed by atoms with E-state index in [1.165, 1.54) is 5.12 Å². The quantitative estimate of drug-likeness (QED) is 0.0424. The fraction of sp³-hybridized carbons (Fsp3) is 0.500. The Labute approximate surface area is 241 Å². The molecule has 2 heterocycles. The first-order valence-corrected chi connectivity index (χ1v) is 13.3. The number of amides is 1. The second kappa shape index (κ2) is 16.3. The second-order valence-electron chi connectivity index (χ2n) is 9.91. The van der Waals surface area contributed by atoms with Gasteiger partial charge in [0.05, 0.1) is 0 Å². The van der Waals surface area contributed by atoms with Crippen molar-refractivity contribution in [1.29, 1.82) is 0 Å². The molecule has 3 rings (SSSR count). The number of nitrogens with two attached hydrogens (primary N) is 1. The molecule has 0 spiro atoms. The van der Waals surface area contributed by atoms with E-state index in [2.05, 4.69) is 71.0 Å². The highest BCUT2D eigenvalue weighted by atomic mass is 16.4. The lowest BCUT2D eigenvalue weighted by molar-refractivity contribution is -0.149. The molecule has 42 heavy (non-hydrogen) atoms. The molecule has 20 nitrogen and oxygen atoms in total. The highest BCUT2D eigenvalue weighted by Crippen LogP contribution is 2.19. The first kappa shape index (κ1) is 33.2. The van der Waals surface area contributed by atoms with E-state index in [4.69, 9.17) is 5.73 Å². The van der Waals surface area contributed by atoms with Crippen LogP contribution < -0.4 is 71.7 Å². The first-order chi connectivity index (χ1) is 20.1. The predicted molar refractivity (Wildman–Crippen MR) is 150 cm³/mol. The van der Waals surface area contributed by atoms with E-state index in [0.717, 1.165) is 16.5 Å². The lowest BCUT2D eigenvalue weighted by Crippen LogP contribution is -2.78. The van der Waals surface area contributed by atoms with Gasteiger partial charge in [-0.15, -0.1) is 5.12 Å². The second-order valence-corrected chi connectivity index (χ2v) is 9.91. The summed E-state index contributed by atoms with van der Waals surface area (Å²) in [6.07, 6.45) is 3.97. The van der Waals surface area contributed by atoms with Crippen molar-refractivity contribution >= 4 is 28.7 Å². The summed E-state index contributed by atoms with van der Waals surface area (Å²) in [5, 5.41) is 24.0. The molecule has 0 bridgehead atoms. The number of carboxylic acids is 2. The van der Waals surface area contributed by atoms with Crippen LogP contribution in [-0.2, 0) is 20.8 Å². The largest absolute Gasteiger partial charge is 0.480 e. The van der Waals surface area contributed by atoms with Gasteiger partial charge in [-0.1, -0.05) is 32.0 Å². The van der Waals surface area contributed by atoms with Crippen molar-refractivity contribution < 1.29 is 24.6 Å². The number of nitrogens with one attached hydrogen (secondary N) is 13. The molecule has 234 valence electrons. The molecule has 3 atom stereocenters. The van der Waals surface area contributed by atoms with Crippen LogP contribution in [0.4, 0.5) is 0 Å². The molecule has 0 saturated carbocycles. The van der Waals surface area contributed by atoms with Gasteiger partial charge < -0.3 is 20.5 Å². The minimum Gasteiger partial charge on any atom is -0.480 e. The molecule has 1 aromatic carbocycles. The number of rotatable bonds is 19. The zero-order valence-corrected chi connectivity index (χ0v) is 23.3. The van der Waals surface area contributed by atoms with Gasteiger partial charge in [0.15, 0.2) is 5.79 Å². The van der Waals surface area contributed by atoms with E-state index in [9.17, 15) is 24.6 Å². The van der Waals surface area contributed by atoms with E-state index in [1.54, 1.807) is 20.0 Å². The van der Waals surface area contributed by atoms with Crippen LogP contribution >= 0.6 is 0 Å². The van der Waals surface area contributed by atoms with Gasteiger partial charge in [0.1, 0.15) is 12.1 Å². The van der Waals surface area contributed by atoms with Gasteiger partial charge in [-0.05, 0) is 30.4 Å². The number of hydrazine groups is 11. The number of para-hydroxylation sites is 1. The highest BCUT2D eigenvalue weighted by molar-refractivity contribution is 5.84. The molecular weight excluding hydrogens is 554 g/mol. The number of carbonyl (C=O) groups excluding carboxylic acids is 1. The molecule has 1 aromatic heterocycles. The number of H-pyrrole nitrogens is 1. The van der Waals surface area contributed by atoms with E-state index >= 15 is 0 Å². The third-order valence-electron chi connectivity index (χ3n) is 6.42. The number of aliphatic carboxylic acids is 2. The van der Waals surface area contributed by atoms with Crippen LogP contribution in [0.1, 0.15) is 45.1 Å². The summed E-state index contributed by atoms with van der Waals surface area (Å²) in [5.74, 6) is -4.12. The molecule has 1 amide bonds. The lowest BCUT2D eigenvalue weighted by Gasteiger charge is -2.42. The van der Waals surface area contributed by atoms with Gasteiger partial charge in [0, 0.05) is 36.4 Å². The molecule has 1 saturated heterocycles. The molecule has 0 radical (unpaired) electrons. The minimum atomic E-state index is -1.43. The monoisotopic (exact) mass is 595 g/mol. The van der Waals surface area contributed by atoms with Crippen LogP contribution in [0.25, 0.3) is 10.9 Å². The number of fused-ring (bicyclic) bond motifs is 1. The van der Waals surface area contributed by atoms with Crippen molar-refractivity contribution in [3.05, 3.63) is 36.0 Å². The number of carboxylic acid groups (broad SMARTS) is 2. The van der Waals surface area contributed by atoms with Gasteiger partial charge in [-0.25, -0.2) is 10.9 Å². The standard InChI is InChI=1S/C22H41N15O5/c1-13(2)19(21(41)42)27-37(22(23)10-6-5-9-18(38)25-22)36-35-34-33-32-31-30-29-28-26-17(20(39)40)11-14-12-24-16-8-4-3-7-15(14)16/h3-4,7-8,12-13,17,19,24,26-36H,5-6,9-11,23H2,1-2H3,(H,25,38)(H,39,40)(H,41,42)/t17?,19?,22-/m0/s1. The number of aromatic nitrogens is 1. The topological polar surface area (TPSA) is 281 Å². The zero-order chi connectivity index (χ0) is 30.5. The van der Waals surface area contributed by atoms with Gasteiger partial charge >= 0.3 is 11.9 Å². The maximum Gasteiger partial charge on any atom is 0.322 e. The smallest absolute Gasteiger partial charge is 0.322 e. The van der Waals surface area contributed by atoms with Crippen molar-refractivity contribution in [2.75, 3.05) is 0 Å². The average molecular weight is 596 g/mol. The van der Waals surface area contributed by atoms with Crippen molar-refractivity contribution in [2.24, 2.45) is 11.7 Å². The van der Waals surface area contributed by atoms with Crippen LogP contribution in [0.5, 0.6) is 0 Å². The van der Waals surface area contributed by atoms with E-state index in [1.807, 2.05) is 24.3 Å². The Balaban J connectivity index is 1.36. The summed E-state index contributed by atoms with van der Waals surface area (Å²) in [6.45, 7) is 3.47. The molecular formula is C22H41N15O5. The maximum atomic E-state index is 12.2. The molecule has 2 unspecified atom stereocenters. The van der Waals surface area contributed by atoms with Crippen molar-refractivity contribution in [1.82, 2.24) is 76.1 Å². The molecule has 17 N–H and O–H groups in total. The third kappa shape index (κ3) is 9.88. The molecule has 0 aliphatic carbocycles. The summed E-state index contributed by atoms with van der Waals surface area (Å²) in [6, 6.07) is 5.68. The van der Waals surface area contributed by atoms with Crippen LogP contribution in [0.2, 0.25) is 0 Å². The number of benzene rings is 1. The Morgan fingerprint density at radius 1 is 1.00 bits per heavy atom. The normalized spacial score (nSPS) is 19.1. The van der Waals surface area contributed by atoms with Gasteiger partial charge in [0.25, 0.3) is 0 Å².